The van der Waals surface area contributed by atoms with E-state index in [2.05, 4.69) is 34.1 Å². The minimum atomic E-state index is 0.404. The fraction of sp³-hybridized carbons (Fsp3) is 0.667. The molecule has 1 aromatic rings. The summed E-state index contributed by atoms with van der Waals surface area (Å²) in [6, 6.07) is 10.4. The maximum absolute atomic E-state index is 6.00. The van der Waals surface area contributed by atoms with Crippen LogP contribution in [0.1, 0.15) is 43.6 Å². The van der Waals surface area contributed by atoms with Gasteiger partial charge in [-0.2, -0.15) is 0 Å². The van der Waals surface area contributed by atoms with Gasteiger partial charge in [0.05, 0.1) is 0 Å². The maximum atomic E-state index is 6.00. The topological polar surface area (TPSA) is 32.5 Å². The molecule has 2 saturated heterocycles. The molecule has 0 bridgehead atoms. The number of nitrogens with two attached hydrogens (primary N) is 1. The molecule has 3 nitrogen and oxygen atoms in total. The average Bonchev–Trinajstić information content (AvgIpc) is 3.03. The van der Waals surface area contributed by atoms with E-state index in [1.807, 2.05) is 0 Å². The third-order valence-corrected chi connectivity index (χ3v) is 5.62. The zero-order valence-corrected chi connectivity index (χ0v) is 12.9. The smallest absolute Gasteiger partial charge is 0.0369 e. The van der Waals surface area contributed by atoms with Gasteiger partial charge in [-0.25, -0.2) is 0 Å². The summed E-state index contributed by atoms with van der Waals surface area (Å²) < 4.78 is 0. The normalized spacial score (nSPS) is 30.8. The average molecular weight is 285 g/mol. The first kappa shape index (κ1) is 13.6. The van der Waals surface area contributed by atoms with Crippen LogP contribution in [0.2, 0.25) is 0 Å². The molecule has 1 saturated carbocycles. The highest BCUT2D eigenvalue weighted by atomic mass is 15.2. The van der Waals surface area contributed by atoms with E-state index < -0.39 is 0 Å². The number of rotatable bonds is 3. The number of hydrogen-bond donors (Lipinski definition) is 1. The van der Waals surface area contributed by atoms with Crippen LogP contribution in [0, 0.1) is 0 Å². The van der Waals surface area contributed by atoms with E-state index in [4.69, 9.17) is 5.73 Å². The van der Waals surface area contributed by atoms with Crippen molar-refractivity contribution in [3.63, 3.8) is 0 Å². The number of nitrogens with zero attached hydrogens (tertiary/aromatic N) is 2. The fourth-order valence-corrected chi connectivity index (χ4v) is 4.15. The summed E-state index contributed by atoms with van der Waals surface area (Å²) in [7, 11) is 0. The summed E-state index contributed by atoms with van der Waals surface area (Å²) in [5.41, 5.74) is 8.85. The molecule has 1 aliphatic carbocycles. The minimum Gasteiger partial charge on any atom is -0.371 e. The zero-order valence-electron chi connectivity index (χ0n) is 12.9. The quantitative estimate of drug-likeness (QED) is 0.926. The highest BCUT2D eigenvalue weighted by Crippen LogP contribution is 2.40. The van der Waals surface area contributed by atoms with Crippen LogP contribution in [0.3, 0.4) is 0 Å². The van der Waals surface area contributed by atoms with Gasteiger partial charge < -0.3 is 15.5 Å². The van der Waals surface area contributed by atoms with E-state index in [9.17, 15) is 0 Å². The molecule has 0 radical (unpaired) electrons. The molecule has 3 fully saturated rings. The zero-order chi connectivity index (χ0) is 14.2. The van der Waals surface area contributed by atoms with E-state index in [-0.39, 0.29) is 0 Å². The van der Waals surface area contributed by atoms with Gasteiger partial charge in [0.25, 0.3) is 0 Å². The highest BCUT2D eigenvalue weighted by Gasteiger charge is 2.35. The van der Waals surface area contributed by atoms with E-state index in [0.717, 1.165) is 6.04 Å². The molecule has 114 valence electrons. The molecular weight excluding hydrogens is 258 g/mol. The summed E-state index contributed by atoms with van der Waals surface area (Å²) >= 11 is 0. The first-order chi connectivity index (χ1) is 10.3. The molecule has 0 spiro atoms. The molecule has 0 aromatic heterocycles. The molecule has 4 rings (SSSR count). The van der Waals surface area contributed by atoms with Crippen LogP contribution in [0.25, 0.3) is 0 Å². The van der Waals surface area contributed by atoms with E-state index in [1.165, 1.54) is 69.5 Å². The molecule has 1 aromatic carbocycles. The third-order valence-electron chi connectivity index (χ3n) is 5.62. The van der Waals surface area contributed by atoms with Crippen molar-refractivity contribution in [1.29, 1.82) is 0 Å². The molecule has 2 N–H and O–H groups in total. The third kappa shape index (κ3) is 2.82. The largest absolute Gasteiger partial charge is 0.371 e. The van der Waals surface area contributed by atoms with Gasteiger partial charge in [0, 0.05) is 36.8 Å². The van der Waals surface area contributed by atoms with Gasteiger partial charge in [0.2, 0.25) is 0 Å². The Bertz CT molecular complexity index is 487. The van der Waals surface area contributed by atoms with Gasteiger partial charge in [-0.3, -0.25) is 0 Å². The Kier molecular flexibility index (Phi) is 3.64. The van der Waals surface area contributed by atoms with Crippen LogP contribution in [0.5, 0.6) is 0 Å². The Morgan fingerprint density at radius 1 is 1.00 bits per heavy atom. The summed E-state index contributed by atoms with van der Waals surface area (Å²) in [5, 5.41) is 0. The van der Waals surface area contributed by atoms with Crippen LogP contribution in [0.4, 0.5) is 5.69 Å². The monoisotopic (exact) mass is 285 g/mol. The molecule has 2 unspecified atom stereocenters. The fourth-order valence-electron chi connectivity index (χ4n) is 4.15. The number of benzene rings is 1. The first-order valence-electron chi connectivity index (χ1n) is 8.66. The Hall–Kier alpha value is -1.06. The van der Waals surface area contributed by atoms with Gasteiger partial charge in [0.1, 0.15) is 0 Å². The lowest BCUT2D eigenvalue weighted by Gasteiger charge is -2.38. The van der Waals surface area contributed by atoms with Crippen molar-refractivity contribution in [2.75, 3.05) is 31.1 Å². The summed E-state index contributed by atoms with van der Waals surface area (Å²) in [5.74, 6) is 0.618. The lowest BCUT2D eigenvalue weighted by Crippen LogP contribution is -2.43. The van der Waals surface area contributed by atoms with Crippen LogP contribution in [0.15, 0.2) is 24.3 Å². The molecule has 21 heavy (non-hydrogen) atoms. The van der Waals surface area contributed by atoms with Gasteiger partial charge in [-0.1, -0.05) is 12.1 Å². The van der Waals surface area contributed by atoms with E-state index >= 15 is 0 Å². The van der Waals surface area contributed by atoms with Crippen LogP contribution < -0.4 is 10.6 Å². The van der Waals surface area contributed by atoms with Crippen molar-refractivity contribution >= 4 is 5.69 Å². The second-order valence-electron chi connectivity index (χ2n) is 7.06. The Morgan fingerprint density at radius 2 is 1.71 bits per heavy atom. The predicted molar refractivity (Wildman–Crippen MR) is 87.8 cm³/mol. The lowest BCUT2D eigenvalue weighted by atomic mass is 10.0. The Labute approximate surface area is 128 Å². The van der Waals surface area contributed by atoms with Gasteiger partial charge in [-0.15, -0.1) is 0 Å². The van der Waals surface area contributed by atoms with Crippen LogP contribution >= 0.6 is 0 Å². The first-order valence-corrected chi connectivity index (χ1v) is 8.66. The molecule has 3 heteroatoms. The summed E-state index contributed by atoms with van der Waals surface area (Å²) in [6.07, 6.45) is 6.63. The van der Waals surface area contributed by atoms with E-state index in [0.29, 0.717) is 12.0 Å². The molecule has 0 amide bonds. The molecule has 2 atom stereocenters. The summed E-state index contributed by atoms with van der Waals surface area (Å²) in [4.78, 5) is 5.29. The van der Waals surface area contributed by atoms with Crippen molar-refractivity contribution in [1.82, 2.24) is 4.90 Å². The lowest BCUT2D eigenvalue weighted by molar-refractivity contribution is 0.208. The SMILES string of the molecule is NC1CC1c1cccc(N2CCC(N3CCCC3)CC2)c1. The van der Waals surface area contributed by atoms with Crippen molar-refractivity contribution in [2.24, 2.45) is 5.73 Å². The highest BCUT2D eigenvalue weighted by molar-refractivity contribution is 5.50. The van der Waals surface area contributed by atoms with Crippen LogP contribution in [-0.2, 0) is 0 Å². The number of hydrogen-bond acceptors (Lipinski definition) is 3. The second kappa shape index (κ2) is 5.62. The second-order valence-corrected chi connectivity index (χ2v) is 7.06. The van der Waals surface area contributed by atoms with Crippen LogP contribution in [-0.4, -0.2) is 43.2 Å². The maximum Gasteiger partial charge on any atom is 0.0369 e. The molecule has 3 aliphatic rings. The molecule has 2 heterocycles. The van der Waals surface area contributed by atoms with Crippen molar-refractivity contribution in [3.05, 3.63) is 29.8 Å². The number of likely N-dealkylation sites (tertiary alicyclic amines) is 1. The van der Waals surface area contributed by atoms with Gasteiger partial charge >= 0.3 is 0 Å². The number of anilines is 1. The van der Waals surface area contributed by atoms with Crippen molar-refractivity contribution in [2.45, 2.75) is 50.1 Å². The van der Waals surface area contributed by atoms with E-state index in [1.54, 1.807) is 0 Å². The minimum absolute atomic E-state index is 0.404. The summed E-state index contributed by atoms with van der Waals surface area (Å²) in [6.45, 7) is 5.09. The van der Waals surface area contributed by atoms with Crippen molar-refractivity contribution in [3.8, 4) is 0 Å². The van der Waals surface area contributed by atoms with Gasteiger partial charge in [0.15, 0.2) is 0 Å². The van der Waals surface area contributed by atoms with Crippen molar-refractivity contribution < 1.29 is 0 Å². The predicted octanol–water partition coefficient (Wildman–Crippen LogP) is 2.57. The van der Waals surface area contributed by atoms with Gasteiger partial charge in [-0.05, 0) is 62.9 Å². The molecular formula is C18H27N3. The molecule has 2 aliphatic heterocycles. The standard InChI is InChI=1S/C18H27N3/c19-18-13-17(18)14-4-3-5-16(12-14)21-10-6-15(7-11-21)20-8-1-2-9-20/h3-5,12,15,17-18H,1-2,6-11,13,19H2. The Morgan fingerprint density at radius 3 is 2.38 bits per heavy atom. The number of piperidine rings is 1. The Balaban J connectivity index is 1.39.